The van der Waals surface area contributed by atoms with Crippen molar-refractivity contribution in [2.24, 2.45) is 0 Å². The van der Waals surface area contributed by atoms with Crippen molar-refractivity contribution >= 4 is 17.9 Å². The summed E-state index contributed by atoms with van der Waals surface area (Å²) >= 11 is 0. The highest BCUT2D eigenvalue weighted by molar-refractivity contribution is 5.88. The number of carbonyl (C=O) groups excluding carboxylic acids is 1. The molecule has 1 aliphatic heterocycles. The van der Waals surface area contributed by atoms with Gasteiger partial charge in [-0.3, -0.25) is 4.79 Å². The molecular formula is C21H16F6N6O. The number of carbonyl (C=O) groups is 1. The second-order valence-electron chi connectivity index (χ2n) is 7.45. The Bertz CT molecular complexity index is 1170. The minimum absolute atomic E-state index is 0.0498. The molecule has 0 aliphatic carbocycles. The molecule has 1 N–H and O–H groups in total. The smallest absolute Gasteiger partial charge is 0.358 e. The van der Waals surface area contributed by atoms with Gasteiger partial charge in [-0.25, -0.2) is 33.1 Å². The van der Waals surface area contributed by atoms with Gasteiger partial charge in [0.25, 0.3) is 5.92 Å². The van der Waals surface area contributed by atoms with Crippen LogP contribution >= 0.6 is 0 Å². The Morgan fingerprint density at radius 1 is 1.12 bits per heavy atom. The highest BCUT2D eigenvalue weighted by Crippen LogP contribution is 2.40. The van der Waals surface area contributed by atoms with Crippen molar-refractivity contribution in [1.82, 2.24) is 19.9 Å². The number of rotatable bonds is 6. The average Bonchev–Trinajstić information content (AvgIpc) is 3.11. The van der Waals surface area contributed by atoms with E-state index in [1.54, 1.807) is 0 Å². The quantitative estimate of drug-likeness (QED) is 0.416. The van der Waals surface area contributed by atoms with Crippen LogP contribution in [0.5, 0.6) is 0 Å². The Morgan fingerprint density at radius 3 is 2.41 bits per heavy atom. The minimum Gasteiger partial charge on any atom is -0.358 e. The summed E-state index contributed by atoms with van der Waals surface area (Å²) in [6, 6.07) is 2.43. The van der Waals surface area contributed by atoms with E-state index in [9.17, 15) is 26.7 Å². The normalized spacial score (nSPS) is 17.6. The topological polar surface area (TPSA) is 83.9 Å². The van der Waals surface area contributed by atoms with Gasteiger partial charge < -0.3 is 10.2 Å². The number of aromatic nitrogens is 4. The van der Waals surface area contributed by atoms with E-state index in [1.165, 1.54) is 30.6 Å². The molecule has 0 spiro atoms. The van der Waals surface area contributed by atoms with E-state index in [4.69, 9.17) is 0 Å². The average molecular weight is 482 g/mol. The van der Waals surface area contributed by atoms with Crippen molar-refractivity contribution in [1.29, 1.82) is 0 Å². The lowest BCUT2D eigenvalue weighted by Gasteiger charge is -2.30. The van der Waals surface area contributed by atoms with Crippen molar-refractivity contribution in [3.63, 3.8) is 0 Å². The van der Waals surface area contributed by atoms with Crippen LogP contribution in [0.3, 0.4) is 0 Å². The van der Waals surface area contributed by atoms with E-state index in [2.05, 4.69) is 25.3 Å². The van der Waals surface area contributed by atoms with Crippen molar-refractivity contribution in [2.75, 3.05) is 23.3 Å². The van der Waals surface area contributed by atoms with Crippen LogP contribution < -0.4 is 10.2 Å². The number of nitrogens with one attached hydrogen (secondary N) is 1. The van der Waals surface area contributed by atoms with Gasteiger partial charge in [-0.1, -0.05) is 0 Å². The van der Waals surface area contributed by atoms with Crippen molar-refractivity contribution in [3.05, 3.63) is 59.9 Å². The number of hydrogen-bond acceptors (Lipinski definition) is 7. The molecule has 0 unspecified atom stereocenters. The molecule has 1 saturated heterocycles. The lowest BCUT2D eigenvalue weighted by molar-refractivity contribution is -0.138. The fraction of sp³-hybridized carbons (Fsp3) is 0.286. The summed E-state index contributed by atoms with van der Waals surface area (Å²) in [5, 5.41) is 2.49. The molecule has 4 rings (SSSR count). The SMILES string of the molecule is O=Cc1ccc(N2CCC(F)(F)[C@H]2CNc2ncc(C(F)(F)F)cn2)c(F)c1-c1ncccn1. The monoisotopic (exact) mass is 482 g/mol. The largest absolute Gasteiger partial charge is 0.419 e. The summed E-state index contributed by atoms with van der Waals surface area (Å²) in [6.07, 6.45) is -1.04. The van der Waals surface area contributed by atoms with Crippen LogP contribution in [0.4, 0.5) is 38.0 Å². The Balaban J connectivity index is 1.63. The van der Waals surface area contributed by atoms with Gasteiger partial charge in [0.2, 0.25) is 5.95 Å². The summed E-state index contributed by atoms with van der Waals surface area (Å²) < 4.78 is 82.9. The lowest BCUT2D eigenvalue weighted by Crippen LogP contribution is -2.44. The zero-order valence-corrected chi connectivity index (χ0v) is 17.2. The van der Waals surface area contributed by atoms with Crippen molar-refractivity contribution in [2.45, 2.75) is 24.6 Å². The van der Waals surface area contributed by atoms with Gasteiger partial charge in [-0.2, -0.15) is 13.2 Å². The third-order valence-corrected chi connectivity index (χ3v) is 5.36. The zero-order valence-electron chi connectivity index (χ0n) is 17.2. The van der Waals surface area contributed by atoms with Crippen LogP contribution in [0.1, 0.15) is 22.3 Å². The molecule has 0 bridgehead atoms. The van der Waals surface area contributed by atoms with E-state index in [0.717, 1.165) is 4.90 Å². The first-order chi connectivity index (χ1) is 16.1. The Morgan fingerprint density at radius 2 is 1.79 bits per heavy atom. The van der Waals surface area contributed by atoms with Crippen LogP contribution in [0.2, 0.25) is 0 Å². The van der Waals surface area contributed by atoms with Gasteiger partial charge in [0.1, 0.15) is 6.04 Å². The maximum absolute atomic E-state index is 15.5. The molecule has 13 heteroatoms. The second kappa shape index (κ2) is 8.88. The summed E-state index contributed by atoms with van der Waals surface area (Å²) in [4.78, 5) is 27.5. The van der Waals surface area contributed by atoms with Crippen molar-refractivity contribution in [3.8, 4) is 11.4 Å². The first kappa shape index (κ1) is 23.4. The van der Waals surface area contributed by atoms with Crippen LogP contribution in [0.15, 0.2) is 43.0 Å². The molecule has 1 aliphatic rings. The Labute approximate surface area is 188 Å². The molecule has 3 heterocycles. The van der Waals surface area contributed by atoms with Gasteiger partial charge >= 0.3 is 6.18 Å². The molecule has 0 amide bonds. The van der Waals surface area contributed by atoms with Gasteiger partial charge in [0.05, 0.1) is 16.8 Å². The summed E-state index contributed by atoms with van der Waals surface area (Å²) in [5.41, 5.74) is -1.54. The molecule has 1 fully saturated rings. The third-order valence-electron chi connectivity index (χ3n) is 5.36. The Kier molecular flexibility index (Phi) is 6.11. The molecule has 3 aromatic rings. The van der Waals surface area contributed by atoms with Crippen LogP contribution in [0, 0.1) is 5.82 Å². The Hall–Kier alpha value is -3.77. The molecule has 34 heavy (non-hydrogen) atoms. The van der Waals surface area contributed by atoms with Crippen molar-refractivity contribution < 1.29 is 31.1 Å². The predicted molar refractivity (Wildman–Crippen MR) is 109 cm³/mol. The van der Waals surface area contributed by atoms with E-state index >= 15 is 4.39 Å². The predicted octanol–water partition coefficient (Wildman–Crippen LogP) is 4.23. The fourth-order valence-electron chi connectivity index (χ4n) is 3.68. The lowest BCUT2D eigenvalue weighted by atomic mass is 10.0. The van der Waals surface area contributed by atoms with Crippen LogP contribution in [-0.2, 0) is 6.18 Å². The summed E-state index contributed by atoms with van der Waals surface area (Å²) in [7, 11) is 0. The fourth-order valence-corrected chi connectivity index (χ4v) is 3.68. The van der Waals surface area contributed by atoms with E-state index in [-0.39, 0.29) is 35.1 Å². The molecule has 178 valence electrons. The maximum Gasteiger partial charge on any atom is 0.419 e. The molecule has 7 nitrogen and oxygen atoms in total. The number of aldehydes is 1. The molecule has 1 atom stereocenters. The standard InChI is InChI=1S/C21H16F6N6O/c22-17-14(3-2-12(11-34)16(17)18-28-5-1-6-29-18)33-7-4-20(23,24)15(33)10-32-19-30-8-13(9-31-19)21(25,26)27/h1-3,5-6,8-9,11,15H,4,7,10H2,(H,30,31,32)/t15-/m1/s1. The van der Waals surface area contributed by atoms with E-state index < -0.39 is 42.5 Å². The second-order valence-corrected chi connectivity index (χ2v) is 7.45. The molecule has 1 aromatic carbocycles. The van der Waals surface area contributed by atoms with E-state index in [1.807, 2.05) is 0 Å². The minimum atomic E-state index is -4.64. The molecule has 2 aromatic heterocycles. The summed E-state index contributed by atoms with van der Waals surface area (Å²) in [5.74, 6) is -4.56. The number of hydrogen-bond donors (Lipinski definition) is 1. The van der Waals surface area contributed by atoms with Gasteiger partial charge in [0, 0.05) is 49.9 Å². The zero-order chi connectivity index (χ0) is 24.5. The van der Waals surface area contributed by atoms with Gasteiger partial charge in [0.15, 0.2) is 17.9 Å². The van der Waals surface area contributed by atoms with E-state index in [0.29, 0.717) is 18.7 Å². The molecule has 0 radical (unpaired) electrons. The number of anilines is 2. The van der Waals surface area contributed by atoms with Crippen LogP contribution in [-0.4, -0.2) is 51.3 Å². The number of alkyl halides is 5. The summed E-state index contributed by atoms with van der Waals surface area (Å²) in [6.45, 7) is -0.690. The highest BCUT2D eigenvalue weighted by Gasteiger charge is 2.49. The highest BCUT2D eigenvalue weighted by atomic mass is 19.4. The van der Waals surface area contributed by atoms with Gasteiger partial charge in [-0.15, -0.1) is 0 Å². The number of nitrogens with zero attached hydrogens (tertiary/aromatic N) is 5. The molecule has 0 saturated carbocycles. The molecular weight excluding hydrogens is 466 g/mol. The number of halogens is 6. The van der Waals surface area contributed by atoms with Crippen LogP contribution in [0.25, 0.3) is 11.4 Å². The third kappa shape index (κ3) is 4.50. The first-order valence-corrected chi connectivity index (χ1v) is 9.94. The maximum atomic E-state index is 15.5. The first-order valence-electron chi connectivity index (χ1n) is 9.94. The number of benzene rings is 1. The van der Waals surface area contributed by atoms with Gasteiger partial charge in [-0.05, 0) is 18.2 Å².